The number of carbonyl (C=O) groups is 3. The van der Waals surface area contributed by atoms with Gasteiger partial charge < -0.3 is 24.6 Å². The molecule has 61 heavy (non-hydrogen) atoms. The van der Waals surface area contributed by atoms with Crippen molar-refractivity contribution in [2.24, 2.45) is 5.92 Å². The standard InChI is InChI=1S/C50H93ClN2O7S/c1-7-10-12-14-16-18-20-22-24-26-28-30-32-35-42(54)58-47-45(56)46(44(39(4)51)52-49(57)41-37-40(34-9-3)38-53(41)5)60-50(61-6)48(47)59-43(55)36-33-31-29-27-25-23-21-19-17-15-13-11-8-2/h39-41,44-48,50,56H,7-38H2,1-6H3,(H,52,57)/t39?,40-,41?,44?,45?,46?,47-,48?,50-/m1/s1. The summed E-state index contributed by atoms with van der Waals surface area (Å²) in [5.74, 6) is -0.527. The Labute approximate surface area is 383 Å². The van der Waals surface area contributed by atoms with Crippen molar-refractivity contribution >= 4 is 41.2 Å². The van der Waals surface area contributed by atoms with Gasteiger partial charge in [-0.25, -0.2) is 0 Å². The van der Waals surface area contributed by atoms with Crippen LogP contribution in [0.4, 0.5) is 0 Å². The van der Waals surface area contributed by atoms with Crippen LogP contribution in [0, 0.1) is 5.92 Å². The Morgan fingerprint density at radius 1 is 0.689 bits per heavy atom. The molecule has 0 aliphatic carbocycles. The lowest BCUT2D eigenvalue weighted by Gasteiger charge is -2.46. The zero-order chi connectivity index (χ0) is 44.7. The normalized spacial score (nSPS) is 24.1. The first-order valence-corrected chi connectivity index (χ1v) is 27.2. The lowest BCUT2D eigenvalue weighted by Crippen LogP contribution is -2.66. The fourth-order valence-electron chi connectivity index (χ4n) is 9.34. The van der Waals surface area contributed by atoms with Crippen LogP contribution in [-0.4, -0.2) is 95.0 Å². The largest absolute Gasteiger partial charge is 0.455 e. The molecule has 6 unspecified atom stereocenters. The number of alkyl halides is 1. The average Bonchev–Trinajstić information content (AvgIpc) is 3.61. The number of likely N-dealkylation sites (N-methyl/N-ethyl adjacent to an activating group) is 1. The summed E-state index contributed by atoms with van der Waals surface area (Å²) in [6, 6.07) is -1.08. The van der Waals surface area contributed by atoms with Gasteiger partial charge in [-0.15, -0.1) is 23.4 Å². The van der Waals surface area contributed by atoms with E-state index in [2.05, 4.69) is 31.0 Å². The third-order valence-corrected chi connectivity index (χ3v) is 14.2. The first-order chi connectivity index (χ1) is 29.6. The number of hydrogen-bond acceptors (Lipinski definition) is 9. The summed E-state index contributed by atoms with van der Waals surface area (Å²) in [5, 5.41) is 14.5. The van der Waals surface area contributed by atoms with Crippen molar-refractivity contribution in [3.63, 3.8) is 0 Å². The fourth-order valence-corrected chi connectivity index (χ4v) is 10.3. The Kier molecular flexibility index (Phi) is 32.4. The molecular formula is C50H93ClN2O7S. The number of thioether (sulfide) groups is 1. The van der Waals surface area contributed by atoms with Gasteiger partial charge in [0.1, 0.15) is 17.6 Å². The number of halogens is 1. The molecule has 2 saturated heterocycles. The zero-order valence-corrected chi connectivity index (χ0v) is 41.5. The molecule has 0 aromatic carbocycles. The highest BCUT2D eigenvalue weighted by Gasteiger charge is 2.53. The van der Waals surface area contributed by atoms with Gasteiger partial charge in [0.2, 0.25) is 5.91 Å². The van der Waals surface area contributed by atoms with Crippen LogP contribution in [0.15, 0.2) is 0 Å². The van der Waals surface area contributed by atoms with Gasteiger partial charge in [0, 0.05) is 19.4 Å². The number of esters is 2. The number of aliphatic hydroxyl groups excluding tert-OH is 1. The molecule has 9 atom stereocenters. The van der Waals surface area contributed by atoms with Crippen LogP contribution in [0.3, 0.4) is 0 Å². The molecule has 2 aliphatic heterocycles. The average molecular weight is 902 g/mol. The van der Waals surface area contributed by atoms with Gasteiger partial charge >= 0.3 is 11.9 Å². The first kappa shape index (κ1) is 56.1. The van der Waals surface area contributed by atoms with Gasteiger partial charge in [0.15, 0.2) is 12.2 Å². The minimum Gasteiger partial charge on any atom is -0.455 e. The number of aliphatic hydroxyl groups is 1. The van der Waals surface area contributed by atoms with Crippen LogP contribution >= 0.6 is 23.4 Å². The molecule has 2 rings (SSSR count). The Balaban J connectivity index is 1.98. The second kappa shape index (κ2) is 35.2. The topological polar surface area (TPSA) is 114 Å². The molecule has 0 bridgehead atoms. The third-order valence-electron chi connectivity index (χ3n) is 13.1. The molecule has 358 valence electrons. The maximum absolute atomic E-state index is 13.8. The van der Waals surface area contributed by atoms with Gasteiger partial charge in [-0.3, -0.25) is 19.3 Å². The fraction of sp³-hybridized carbons (Fsp3) is 0.940. The van der Waals surface area contributed by atoms with E-state index in [4.69, 9.17) is 25.8 Å². The summed E-state index contributed by atoms with van der Waals surface area (Å²) in [6.07, 6.45) is 32.2. The molecule has 9 nitrogen and oxygen atoms in total. The molecule has 2 fully saturated rings. The molecule has 0 aromatic rings. The summed E-state index contributed by atoms with van der Waals surface area (Å²) in [6.45, 7) is 9.30. The summed E-state index contributed by atoms with van der Waals surface area (Å²) in [5.41, 5.74) is -0.740. The third kappa shape index (κ3) is 23.6. The van der Waals surface area contributed by atoms with E-state index in [9.17, 15) is 19.5 Å². The van der Waals surface area contributed by atoms with E-state index in [0.717, 1.165) is 64.3 Å². The van der Waals surface area contributed by atoms with Crippen LogP contribution < -0.4 is 5.32 Å². The second-order valence-corrected chi connectivity index (χ2v) is 20.3. The molecular weight excluding hydrogens is 808 g/mol. The predicted molar refractivity (Wildman–Crippen MR) is 255 cm³/mol. The summed E-state index contributed by atoms with van der Waals surface area (Å²) in [4.78, 5) is 42.6. The Bertz CT molecular complexity index is 1130. The summed E-state index contributed by atoms with van der Waals surface area (Å²) >= 11 is 8.10. The van der Waals surface area contributed by atoms with E-state index in [-0.39, 0.29) is 30.8 Å². The number of likely N-dealkylation sites (tertiary alicyclic amines) is 1. The van der Waals surface area contributed by atoms with Crippen molar-refractivity contribution in [1.82, 2.24) is 10.2 Å². The van der Waals surface area contributed by atoms with E-state index in [1.807, 2.05) is 13.3 Å². The molecule has 0 radical (unpaired) electrons. The molecule has 2 N–H and O–H groups in total. The van der Waals surface area contributed by atoms with E-state index in [1.165, 1.54) is 134 Å². The van der Waals surface area contributed by atoms with Crippen LogP contribution in [0.2, 0.25) is 0 Å². The maximum atomic E-state index is 13.8. The smallest absolute Gasteiger partial charge is 0.306 e. The van der Waals surface area contributed by atoms with E-state index < -0.39 is 47.2 Å². The minimum atomic E-state index is -1.38. The van der Waals surface area contributed by atoms with E-state index >= 15 is 0 Å². The predicted octanol–water partition coefficient (Wildman–Crippen LogP) is 12.5. The Morgan fingerprint density at radius 3 is 1.49 bits per heavy atom. The zero-order valence-electron chi connectivity index (χ0n) is 40.0. The quantitative estimate of drug-likeness (QED) is 0.0357. The maximum Gasteiger partial charge on any atom is 0.306 e. The molecule has 0 saturated carbocycles. The number of ether oxygens (including phenoxy) is 3. The van der Waals surface area contributed by atoms with Gasteiger partial charge in [-0.05, 0) is 51.8 Å². The SMILES string of the molecule is CCCCCCCCCCCCCCCC(=O)OC1[C@H](OC(=O)CCCCCCCCCCCCCCC)C(O)C(C(NC(=O)C2C[C@@H](CCC)CN2C)C(C)Cl)O[C@@H]1SC. The number of nitrogens with one attached hydrogen (secondary N) is 1. The number of rotatable bonds is 37. The number of hydrogen-bond donors (Lipinski definition) is 2. The molecule has 2 aliphatic rings. The van der Waals surface area contributed by atoms with E-state index in [0.29, 0.717) is 12.3 Å². The van der Waals surface area contributed by atoms with Crippen LogP contribution in [-0.2, 0) is 28.6 Å². The van der Waals surface area contributed by atoms with Gasteiger partial charge in [-0.2, -0.15) is 0 Å². The Hall–Kier alpha value is -1.07. The lowest BCUT2D eigenvalue weighted by molar-refractivity contribution is -0.229. The van der Waals surface area contributed by atoms with Crippen LogP contribution in [0.25, 0.3) is 0 Å². The molecule has 11 heteroatoms. The second-order valence-electron chi connectivity index (χ2n) is 18.6. The highest BCUT2D eigenvalue weighted by atomic mass is 35.5. The number of unbranched alkanes of at least 4 members (excludes halogenated alkanes) is 24. The number of amides is 1. The van der Waals surface area contributed by atoms with Crippen molar-refractivity contribution in [2.75, 3.05) is 19.8 Å². The molecule has 0 aromatic heterocycles. The number of nitrogens with zero attached hydrogens (tertiary/aromatic N) is 1. The van der Waals surface area contributed by atoms with Gasteiger partial charge in [-0.1, -0.05) is 181 Å². The summed E-state index contributed by atoms with van der Waals surface area (Å²) < 4.78 is 18.6. The Morgan fingerprint density at radius 2 is 1.10 bits per heavy atom. The molecule has 2 heterocycles. The van der Waals surface area contributed by atoms with Crippen molar-refractivity contribution in [3.8, 4) is 0 Å². The monoisotopic (exact) mass is 901 g/mol. The highest BCUT2D eigenvalue weighted by Crippen LogP contribution is 2.35. The van der Waals surface area contributed by atoms with Crippen LogP contribution in [0.1, 0.15) is 227 Å². The van der Waals surface area contributed by atoms with Crippen molar-refractivity contribution in [3.05, 3.63) is 0 Å². The van der Waals surface area contributed by atoms with Crippen molar-refractivity contribution in [1.29, 1.82) is 0 Å². The summed E-state index contributed by atoms with van der Waals surface area (Å²) in [7, 11) is 1.97. The van der Waals surface area contributed by atoms with Gasteiger partial charge in [0.05, 0.1) is 17.5 Å². The number of carbonyl (C=O) groups excluding carboxylic acids is 3. The minimum absolute atomic E-state index is 0.155. The van der Waals surface area contributed by atoms with Crippen molar-refractivity contribution < 1.29 is 33.7 Å². The molecule has 0 spiro atoms. The lowest BCUT2D eigenvalue weighted by atomic mass is 9.92. The van der Waals surface area contributed by atoms with Crippen LogP contribution in [0.5, 0.6) is 0 Å². The highest BCUT2D eigenvalue weighted by molar-refractivity contribution is 7.99. The first-order valence-electron chi connectivity index (χ1n) is 25.5. The van der Waals surface area contributed by atoms with E-state index in [1.54, 1.807) is 6.92 Å². The molecule has 1 amide bonds. The van der Waals surface area contributed by atoms with Crippen molar-refractivity contribution in [2.45, 2.75) is 274 Å². The van der Waals surface area contributed by atoms with Gasteiger partial charge in [0.25, 0.3) is 0 Å².